The molecule has 7 heteroatoms. The van der Waals surface area contributed by atoms with E-state index in [1.165, 1.54) is 24.1 Å². The Hall–Kier alpha value is -2.28. The van der Waals surface area contributed by atoms with Crippen molar-refractivity contribution in [3.05, 3.63) is 23.8 Å². The number of phenolic OH excluding ortho intramolecular Hbond substituents is 1. The van der Waals surface area contributed by atoms with E-state index in [-0.39, 0.29) is 31.1 Å². The maximum Gasteiger partial charge on any atom is 0.317 e. The highest BCUT2D eigenvalue weighted by Crippen LogP contribution is 2.26. The van der Waals surface area contributed by atoms with Crippen LogP contribution in [0.1, 0.15) is 5.56 Å². The van der Waals surface area contributed by atoms with Gasteiger partial charge in [-0.25, -0.2) is 0 Å². The number of rotatable bonds is 7. The van der Waals surface area contributed by atoms with E-state index in [0.29, 0.717) is 5.56 Å². The molecule has 0 saturated heterocycles. The molecule has 0 fully saturated rings. The summed E-state index contributed by atoms with van der Waals surface area (Å²) < 4.78 is 4.93. The monoisotopic (exact) mass is 269 g/mol. The predicted molar refractivity (Wildman–Crippen MR) is 65.2 cm³/mol. The van der Waals surface area contributed by atoms with Gasteiger partial charge in [0.05, 0.1) is 20.2 Å². The number of benzene rings is 1. The van der Waals surface area contributed by atoms with Crippen molar-refractivity contribution in [3.63, 3.8) is 0 Å². The molecule has 3 N–H and O–H groups in total. The standard InChI is InChI=1S/C12H15NO6/c1-19-10-4-8(2-3-9(10)14)5-13(6-11(15)16)7-12(17)18/h2-4,14H,5-7H2,1H3,(H,15,16)(H,17,18). The summed E-state index contributed by atoms with van der Waals surface area (Å²) in [7, 11) is 1.39. The maximum absolute atomic E-state index is 10.7. The molecule has 0 bridgehead atoms. The minimum Gasteiger partial charge on any atom is -0.504 e. The highest BCUT2D eigenvalue weighted by Gasteiger charge is 2.14. The molecule has 0 saturated carbocycles. The quantitative estimate of drug-likeness (QED) is 0.656. The van der Waals surface area contributed by atoms with Crippen LogP contribution in [-0.2, 0) is 16.1 Å². The molecule has 104 valence electrons. The van der Waals surface area contributed by atoms with Crippen molar-refractivity contribution >= 4 is 11.9 Å². The Kier molecular flexibility index (Phi) is 5.13. The van der Waals surface area contributed by atoms with Gasteiger partial charge in [0.15, 0.2) is 11.5 Å². The van der Waals surface area contributed by atoms with E-state index in [1.807, 2.05) is 0 Å². The molecule has 0 unspecified atom stereocenters. The number of carboxylic acids is 2. The summed E-state index contributed by atoms with van der Waals surface area (Å²) in [4.78, 5) is 22.6. The minimum atomic E-state index is -1.10. The summed E-state index contributed by atoms with van der Waals surface area (Å²) in [6, 6.07) is 4.52. The number of phenols is 1. The van der Waals surface area contributed by atoms with Gasteiger partial charge in [-0.3, -0.25) is 14.5 Å². The van der Waals surface area contributed by atoms with Gasteiger partial charge in [-0.05, 0) is 17.7 Å². The smallest absolute Gasteiger partial charge is 0.317 e. The molecule has 1 aromatic rings. The first kappa shape index (κ1) is 14.8. The van der Waals surface area contributed by atoms with Gasteiger partial charge in [-0.15, -0.1) is 0 Å². The summed E-state index contributed by atoms with van der Waals surface area (Å²) in [5, 5.41) is 26.9. The van der Waals surface area contributed by atoms with Gasteiger partial charge in [-0.1, -0.05) is 6.07 Å². The maximum atomic E-state index is 10.7. The SMILES string of the molecule is COc1cc(CN(CC(=O)O)CC(=O)O)ccc1O. The Morgan fingerprint density at radius 1 is 1.21 bits per heavy atom. The lowest BCUT2D eigenvalue weighted by Crippen LogP contribution is -2.33. The highest BCUT2D eigenvalue weighted by molar-refractivity contribution is 5.72. The zero-order valence-corrected chi connectivity index (χ0v) is 10.4. The van der Waals surface area contributed by atoms with Crippen LogP contribution in [0.3, 0.4) is 0 Å². The first-order valence-corrected chi connectivity index (χ1v) is 5.44. The van der Waals surface area contributed by atoms with Crippen molar-refractivity contribution in [1.82, 2.24) is 4.90 Å². The van der Waals surface area contributed by atoms with Crippen molar-refractivity contribution in [1.29, 1.82) is 0 Å². The van der Waals surface area contributed by atoms with E-state index in [2.05, 4.69) is 0 Å². The van der Waals surface area contributed by atoms with Gasteiger partial charge < -0.3 is 20.1 Å². The summed E-state index contributed by atoms with van der Waals surface area (Å²) in [5.74, 6) is -1.99. The Morgan fingerprint density at radius 2 is 1.79 bits per heavy atom. The lowest BCUT2D eigenvalue weighted by Gasteiger charge is -2.18. The molecule has 0 spiro atoms. The summed E-state index contributed by atoms with van der Waals surface area (Å²) in [5.41, 5.74) is 0.650. The van der Waals surface area contributed by atoms with Crippen molar-refractivity contribution < 1.29 is 29.6 Å². The second-order valence-electron chi connectivity index (χ2n) is 3.94. The van der Waals surface area contributed by atoms with Crippen LogP contribution in [0, 0.1) is 0 Å². The van der Waals surface area contributed by atoms with Crippen LogP contribution in [0.4, 0.5) is 0 Å². The van der Waals surface area contributed by atoms with Crippen molar-refractivity contribution in [2.45, 2.75) is 6.54 Å². The van der Waals surface area contributed by atoms with E-state index in [0.717, 1.165) is 0 Å². The molecule has 0 atom stereocenters. The fraction of sp³-hybridized carbons (Fsp3) is 0.333. The molecule has 7 nitrogen and oxygen atoms in total. The summed E-state index contributed by atoms with van der Waals surface area (Å²) >= 11 is 0. The third-order valence-electron chi connectivity index (χ3n) is 2.37. The average Bonchev–Trinajstić information content (AvgIpc) is 2.29. The second kappa shape index (κ2) is 6.60. The van der Waals surface area contributed by atoms with E-state index in [4.69, 9.17) is 14.9 Å². The zero-order chi connectivity index (χ0) is 14.4. The average molecular weight is 269 g/mol. The molecule has 0 aliphatic carbocycles. The number of aliphatic carboxylic acids is 2. The fourth-order valence-electron chi connectivity index (χ4n) is 1.63. The van der Waals surface area contributed by atoms with Crippen molar-refractivity contribution in [2.24, 2.45) is 0 Å². The Morgan fingerprint density at radius 3 is 2.26 bits per heavy atom. The van der Waals surface area contributed by atoms with Crippen LogP contribution in [0.2, 0.25) is 0 Å². The Balaban J connectivity index is 2.82. The topological polar surface area (TPSA) is 107 Å². The van der Waals surface area contributed by atoms with Crippen LogP contribution in [0.15, 0.2) is 18.2 Å². The van der Waals surface area contributed by atoms with E-state index < -0.39 is 11.9 Å². The number of ether oxygens (including phenoxy) is 1. The van der Waals surface area contributed by atoms with Gasteiger partial charge in [0, 0.05) is 6.54 Å². The Labute approximate surface area is 109 Å². The van der Waals surface area contributed by atoms with Crippen molar-refractivity contribution in [2.75, 3.05) is 20.2 Å². The lowest BCUT2D eigenvalue weighted by molar-refractivity contribution is -0.142. The number of carboxylic acid groups (broad SMARTS) is 2. The molecule has 1 rings (SSSR count). The number of methoxy groups -OCH3 is 1. The zero-order valence-electron chi connectivity index (χ0n) is 10.4. The molecular formula is C12H15NO6. The second-order valence-corrected chi connectivity index (χ2v) is 3.94. The highest BCUT2D eigenvalue weighted by atomic mass is 16.5. The summed E-state index contributed by atoms with van der Waals surface area (Å²) in [6.45, 7) is -0.625. The van der Waals surface area contributed by atoms with Gasteiger partial charge >= 0.3 is 11.9 Å². The van der Waals surface area contributed by atoms with E-state index in [1.54, 1.807) is 6.07 Å². The first-order chi connectivity index (χ1) is 8.92. The van der Waals surface area contributed by atoms with Crippen LogP contribution < -0.4 is 4.74 Å². The Bertz CT molecular complexity index is 457. The van der Waals surface area contributed by atoms with Crippen LogP contribution >= 0.6 is 0 Å². The molecule has 0 aliphatic rings. The molecule has 1 aromatic carbocycles. The third kappa shape index (κ3) is 4.84. The fourth-order valence-corrected chi connectivity index (χ4v) is 1.63. The first-order valence-electron chi connectivity index (χ1n) is 5.44. The van der Waals surface area contributed by atoms with E-state index >= 15 is 0 Å². The third-order valence-corrected chi connectivity index (χ3v) is 2.37. The van der Waals surface area contributed by atoms with E-state index in [9.17, 15) is 14.7 Å². The van der Waals surface area contributed by atoms with Crippen molar-refractivity contribution in [3.8, 4) is 11.5 Å². The summed E-state index contributed by atoms with van der Waals surface area (Å²) in [6.07, 6.45) is 0. The molecule has 0 heterocycles. The van der Waals surface area contributed by atoms with Gasteiger partial charge in [0.2, 0.25) is 0 Å². The number of aromatic hydroxyl groups is 1. The minimum absolute atomic E-state index is 0.0331. The molecule has 19 heavy (non-hydrogen) atoms. The van der Waals surface area contributed by atoms with Gasteiger partial charge in [-0.2, -0.15) is 0 Å². The van der Waals surface area contributed by atoms with Crippen LogP contribution in [0.25, 0.3) is 0 Å². The number of nitrogens with zero attached hydrogens (tertiary/aromatic N) is 1. The number of hydrogen-bond donors (Lipinski definition) is 3. The normalized spacial score (nSPS) is 10.4. The van der Waals surface area contributed by atoms with Gasteiger partial charge in [0.1, 0.15) is 0 Å². The predicted octanol–water partition coefficient (Wildman–Crippen LogP) is 0.372. The van der Waals surface area contributed by atoms with Gasteiger partial charge in [0.25, 0.3) is 0 Å². The molecular weight excluding hydrogens is 254 g/mol. The lowest BCUT2D eigenvalue weighted by atomic mass is 10.2. The molecule has 0 radical (unpaired) electrons. The molecule has 0 amide bonds. The van der Waals surface area contributed by atoms with Crippen LogP contribution in [-0.4, -0.2) is 52.4 Å². The number of hydrogen-bond acceptors (Lipinski definition) is 5. The largest absolute Gasteiger partial charge is 0.504 e. The number of carbonyl (C=O) groups is 2. The molecule has 0 aliphatic heterocycles. The molecule has 0 aromatic heterocycles. The van der Waals surface area contributed by atoms with Crippen LogP contribution in [0.5, 0.6) is 11.5 Å².